The smallest absolute Gasteiger partial charge is 0.136 e. The van der Waals surface area contributed by atoms with E-state index in [9.17, 15) is 8.94 Å². The second-order valence-electron chi connectivity index (χ2n) is 7.38. The number of nitrogens with zero attached hydrogens (tertiary/aromatic N) is 1. The van der Waals surface area contributed by atoms with Gasteiger partial charge in [0.15, 0.2) is 0 Å². The van der Waals surface area contributed by atoms with Crippen LogP contribution in [0.2, 0.25) is 5.15 Å². The van der Waals surface area contributed by atoms with Gasteiger partial charge in [0.05, 0.1) is 11.2 Å². The standard InChI is InChI=1S/C20H24ClFN2OS/c1-6-11-20(5,24-26(25)19(2,3)4)15-12-17(23-18(21)13-15)14-7-9-16(22)10-8-14/h6-10,12-13,24H,1,11H2,2-5H3/t20-,26?/m0/s1. The van der Waals surface area contributed by atoms with Gasteiger partial charge in [-0.15, -0.1) is 11.3 Å². The number of nitrogens with one attached hydrogen (secondary N) is 1. The molecule has 0 saturated carbocycles. The molecule has 26 heavy (non-hydrogen) atoms. The Balaban J connectivity index is 2.48. The van der Waals surface area contributed by atoms with Crippen LogP contribution in [-0.4, -0.2) is 14.3 Å². The maximum absolute atomic E-state index is 13.2. The first-order valence-electron chi connectivity index (χ1n) is 8.30. The largest absolute Gasteiger partial charge is 0.598 e. The molecule has 0 aliphatic rings. The molecule has 2 atom stereocenters. The highest BCUT2D eigenvalue weighted by Crippen LogP contribution is 2.32. The van der Waals surface area contributed by atoms with Crippen LogP contribution in [0, 0.1) is 5.82 Å². The van der Waals surface area contributed by atoms with Gasteiger partial charge in [0.25, 0.3) is 0 Å². The molecule has 1 aromatic heterocycles. The molecule has 0 amide bonds. The molecule has 0 bridgehead atoms. The highest BCUT2D eigenvalue weighted by molar-refractivity contribution is 7.90. The summed E-state index contributed by atoms with van der Waals surface area (Å²) < 4.78 is 28.7. The molecule has 3 nitrogen and oxygen atoms in total. The van der Waals surface area contributed by atoms with Crippen LogP contribution in [-0.2, 0) is 16.9 Å². The van der Waals surface area contributed by atoms with Gasteiger partial charge in [-0.25, -0.2) is 9.37 Å². The predicted molar refractivity (Wildman–Crippen MR) is 108 cm³/mol. The van der Waals surface area contributed by atoms with E-state index in [1.807, 2.05) is 33.8 Å². The minimum absolute atomic E-state index is 0.310. The van der Waals surface area contributed by atoms with E-state index in [1.165, 1.54) is 12.1 Å². The normalized spacial score (nSPS) is 15.3. The summed E-state index contributed by atoms with van der Waals surface area (Å²) in [5, 5.41) is 0.320. The number of hydrogen-bond donors (Lipinski definition) is 1. The number of hydrogen-bond acceptors (Lipinski definition) is 3. The SMILES string of the molecule is C=CC[C@](C)(N[S+]([O-])C(C)(C)C)c1cc(Cl)nc(-c2ccc(F)cc2)c1. The van der Waals surface area contributed by atoms with Crippen molar-refractivity contribution in [1.82, 2.24) is 9.71 Å². The van der Waals surface area contributed by atoms with E-state index in [1.54, 1.807) is 24.3 Å². The summed E-state index contributed by atoms with van der Waals surface area (Å²) in [5.74, 6) is -0.310. The molecule has 1 unspecified atom stereocenters. The van der Waals surface area contributed by atoms with Gasteiger partial charge >= 0.3 is 0 Å². The van der Waals surface area contributed by atoms with Crippen molar-refractivity contribution in [2.45, 2.75) is 44.4 Å². The molecule has 6 heteroatoms. The van der Waals surface area contributed by atoms with Crippen molar-refractivity contribution in [3.63, 3.8) is 0 Å². The molecule has 1 N–H and O–H groups in total. The minimum Gasteiger partial charge on any atom is -0.598 e. The average Bonchev–Trinajstić information content (AvgIpc) is 2.54. The van der Waals surface area contributed by atoms with Gasteiger partial charge in [0.1, 0.15) is 15.7 Å². The first-order valence-corrected chi connectivity index (χ1v) is 9.82. The number of halogens is 2. The van der Waals surface area contributed by atoms with Gasteiger partial charge < -0.3 is 4.55 Å². The fourth-order valence-corrected chi connectivity index (χ4v) is 3.57. The summed E-state index contributed by atoms with van der Waals surface area (Å²) in [7, 11) is 0. The molecule has 0 aliphatic carbocycles. The van der Waals surface area contributed by atoms with Crippen LogP contribution in [0.1, 0.15) is 39.7 Å². The number of rotatable bonds is 6. The summed E-state index contributed by atoms with van der Waals surface area (Å²) in [6.45, 7) is 11.5. The van der Waals surface area contributed by atoms with Crippen LogP contribution in [0.15, 0.2) is 49.1 Å². The lowest BCUT2D eigenvalue weighted by molar-refractivity contribution is 0.425. The monoisotopic (exact) mass is 394 g/mol. The van der Waals surface area contributed by atoms with Gasteiger partial charge in [-0.1, -0.05) is 17.7 Å². The lowest BCUT2D eigenvalue weighted by Crippen LogP contribution is -2.49. The average molecular weight is 395 g/mol. The van der Waals surface area contributed by atoms with Gasteiger partial charge in [-0.05, 0) is 76.1 Å². The first kappa shape index (κ1) is 20.9. The maximum Gasteiger partial charge on any atom is 0.136 e. The van der Waals surface area contributed by atoms with E-state index in [-0.39, 0.29) is 5.82 Å². The van der Waals surface area contributed by atoms with Crippen molar-refractivity contribution < 1.29 is 8.94 Å². The molecular formula is C20H24ClFN2OS. The highest BCUT2D eigenvalue weighted by atomic mass is 35.5. The van der Waals surface area contributed by atoms with E-state index in [0.717, 1.165) is 11.1 Å². The molecule has 140 valence electrons. The Bertz CT molecular complexity index is 776. The maximum atomic E-state index is 13.2. The molecule has 0 aliphatic heterocycles. The second kappa shape index (κ2) is 8.09. The molecule has 2 rings (SSSR count). The molecule has 0 saturated heterocycles. The highest BCUT2D eigenvalue weighted by Gasteiger charge is 2.36. The Morgan fingerprint density at radius 1 is 1.23 bits per heavy atom. The first-order chi connectivity index (χ1) is 12.0. The Kier molecular flexibility index (Phi) is 6.51. The van der Waals surface area contributed by atoms with Crippen LogP contribution >= 0.6 is 11.6 Å². The van der Waals surface area contributed by atoms with Crippen LogP contribution in [0.5, 0.6) is 0 Å². The van der Waals surface area contributed by atoms with E-state index in [4.69, 9.17) is 11.6 Å². The van der Waals surface area contributed by atoms with Crippen molar-refractivity contribution in [1.29, 1.82) is 0 Å². The summed E-state index contributed by atoms with van der Waals surface area (Å²) in [4.78, 5) is 4.35. The zero-order chi connectivity index (χ0) is 19.5. The summed E-state index contributed by atoms with van der Waals surface area (Å²) in [6.07, 6.45) is 2.33. The summed E-state index contributed by atoms with van der Waals surface area (Å²) >= 11 is 4.97. The van der Waals surface area contributed by atoms with Crippen molar-refractivity contribution >= 4 is 23.0 Å². The van der Waals surface area contributed by atoms with Crippen LogP contribution in [0.3, 0.4) is 0 Å². The molecule has 0 fully saturated rings. The summed E-state index contributed by atoms with van der Waals surface area (Å²) in [6, 6.07) is 9.72. The second-order valence-corrected chi connectivity index (χ2v) is 9.73. The molecule has 0 radical (unpaired) electrons. The lowest BCUT2D eigenvalue weighted by atomic mass is 9.89. The molecular weight excluding hydrogens is 371 g/mol. The Morgan fingerprint density at radius 2 is 1.85 bits per heavy atom. The third-order valence-electron chi connectivity index (χ3n) is 4.00. The molecule has 0 spiro atoms. The molecule has 2 aromatic rings. The van der Waals surface area contributed by atoms with Gasteiger partial charge in [-0.2, -0.15) is 0 Å². The topological polar surface area (TPSA) is 48.0 Å². The number of aromatic nitrogens is 1. The molecule has 1 heterocycles. The van der Waals surface area contributed by atoms with Crippen molar-refractivity contribution in [3.8, 4) is 11.3 Å². The van der Waals surface area contributed by atoms with Crippen molar-refractivity contribution in [2.24, 2.45) is 0 Å². The Morgan fingerprint density at radius 3 is 2.38 bits per heavy atom. The summed E-state index contributed by atoms with van der Waals surface area (Å²) in [5.41, 5.74) is 1.59. The van der Waals surface area contributed by atoms with Crippen LogP contribution < -0.4 is 4.72 Å². The van der Waals surface area contributed by atoms with E-state index in [0.29, 0.717) is 17.3 Å². The lowest BCUT2D eigenvalue weighted by Gasteiger charge is -2.35. The fourth-order valence-electron chi connectivity index (χ4n) is 2.45. The van der Waals surface area contributed by atoms with Crippen molar-refractivity contribution in [2.75, 3.05) is 0 Å². The Hall–Kier alpha value is -1.40. The quantitative estimate of drug-likeness (QED) is 0.406. The van der Waals surface area contributed by atoms with E-state index < -0.39 is 21.6 Å². The van der Waals surface area contributed by atoms with E-state index >= 15 is 0 Å². The fraction of sp³-hybridized carbons (Fsp3) is 0.350. The van der Waals surface area contributed by atoms with Gasteiger partial charge in [-0.3, -0.25) is 0 Å². The van der Waals surface area contributed by atoms with Crippen LogP contribution in [0.25, 0.3) is 11.3 Å². The predicted octanol–water partition coefficient (Wildman–Crippen LogP) is 5.38. The van der Waals surface area contributed by atoms with Crippen LogP contribution in [0.4, 0.5) is 4.39 Å². The van der Waals surface area contributed by atoms with Gasteiger partial charge in [0, 0.05) is 16.9 Å². The van der Waals surface area contributed by atoms with Gasteiger partial charge in [0.2, 0.25) is 0 Å². The zero-order valence-electron chi connectivity index (χ0n) is 15.5. The number of benzene rings is 1. The third-order valence-corrected chi connectivity index (χ3v) is 5.94. The zero-order valence-corrected chi connectivity index (χ0v) is 17.0. The number of pyridine rings is 1. The molecule has 1 aromatic carbocycles. The Labute approximate surface area is 163 Å². The minimum atomic E-state index is -1.28. The third kappa shape index (κ3) is 5.07. The van der Waals surface area contributed by atoms with Crippen molar-refractivity contribution in [3.05, 3.63) is 65.6 Å². The van der Waals surface area contributed by atoms with E-state index in [2.05, 4.69) is 16.3 Å².